The highest BCUT2D eigenvalue weighted by molar-refractivity contribution is 6.31. The van der Waals surface area contributed by atoms with Gasteiger partial charge in [-0.2, -0.15) is 0 Å². The van der Waals surface area contributed by atoms with Gasteiger partial charge in [0.1, 0.15) is 0 Å². The maximum absolute atomic E-state index is 12.5. The third kappa shape index (κ3) is 4.44. The van der Waals surface area contributed by atoms with Crippen molar-refractivity contribution in [2.75, 3.05) is 26.2 Å². The molecule has 1 heterocycles. The van der Waals surface area contributed by atoms with Crippen LogP contribution in [0.3, 0.4) is 0 Å². The van der Waals surface area contributed by atoms with Crippen LogP contribution in [0.15, 0.2) is 48.5 Å². The molecule has 0 saturated carbocycles. The molecule has 2 aromatic rings. The lowest BCUT2D eigenvalue weighted by Crippen LogP contribution is -2.50. The van der Waals surface area contributed by atoms with Crippen LogP contribution in [0.5, 0.6) is 0 Å². The van der Waals surface area contributed by atoms with E-state index in [1.165, 1.54) is 0 Å². The van der Waals surface area contributed by atoms with E-state index in [9.17, 15) is 9.59 Å². The van der Waals surface area contributed by atoms with E-state index in [1.807, 2.05) is 65.3 Å². The third-order valence-electron chi connectivity index (χ3n) is 4.80. The second-order valence-electron chi connectivity index (χ2n) is 6.62. The standard InChI is InChI=1S/C21H23ClN2O2/c1-16-7-8-17(15-19(16)22)9-10-20(25)23-11-13-24(14-12-23)21(26)18-5-3-2-4-6-18/h2-8,15H,9-14H2,1H3. The maximum Gasteiger partial charge on any atom is 0.253 e. The zero-order valence-electron chi connectivity index (χ0n) is 15.0. The molecule has 0 bridgehead atoms. The average molecular weight is 371 g/mol. The summed E-state index contributed by atoms with van der Waals surface area (Å²) in [5.74, 6) is 0.167. The van der Waals surface area contributed by atoms with Crippen LogP contribution in [-0.4, -0.2) is 47.8 Å². The van der Waals surface area contributed by atoms with Crippen molar-refractivity contribution in [2.24, 2.45) is 0 Å². The van der Waals surface area contributed by atoms with Gasteiger partial charge in [-0.15, -0.1) is 0 Å². The van der Waals surface area contributed by atoms with Gasteiger partial charge in [0.2, 0.25) is 5.91 Å². The van der Waals surface area contributed by atoms with E-state index in [0.29, 0.717) is 44.6 Å². The molecule has 136 valence electrons. The molecule has 4 nitrogen and oxygen atoms in total. The van der Waals surface area contributed by atoms with Crippen molar-refractivity contribution >= 4 is 23.4 Å². The minimum Gasteiger partial charge on any atom is -0.339 e. The van der Waals surface area contributed by atoms with E-state index in [0.717, 1.165) is 16.1 Å². The molecule has 0 atom stereocenters. The lowest BCUT2D eigenvalue weighted by molar-refractivity contribution is -0.132. The minimum atomic E-state index is 0.0343. The van der Waals surface area contributed by atoms with Gasteiger partial charge in [0.05, 0.1) is 0 Å². The fraction of sp³-hybridized carbons (Fsp3) is 0.333. The quantitative estimate of drug-likeness (QED) is 0.825. The molecular weight excluding hydrogens is 348 g/mol. The van der Waals surface area contributed by atoms with Crippen molar-refractivity contribution in [3.63, 3.8) is 0 Å². The smallest absolute Gasteiger partial charge is 0.253 e. The van der Waals surface area contributed by atoms with Crippen LogP contribution in [0, 0.1) is 6.92 Å². The summed E-state index contributed by atoms with van der Waals surface area (Å²) in [6.45, 7) is 4.30. The molecule has 0 unspecified atom stereocenters. The fourth-order valence-electron chi connectivity index (χ4n) is 3.12. The summed E-state index contributed by atoms with van der Waals surface area (Å²) >= 11 is 6.14. The van der Waals surface area contributed by atoms with Crippen LogP contribution in [0.2, 0.25) is 5.02 Å². The predicted molar refractivity (Wildman–Crippen MR) is 103 cm³/mol. The molecule has 3 rings (SSSR count). The Labute approximate surface area is 159 Å². The molecule has 2 aromatic carbocycles. The van der Waals surface area contributed by atoms with Crippen molar-refractivity contribution in [2.45, 2.75) is 19.8 Å². The van der Waals surface area contributed by atoms with Gasteiger partial charge in [-0.25, -0.2) is 0 Å². The lowest BCUT2D eigenvalue weighted by atomic mass is 10.1. The highest BCUT2D eigenvalue weighted by Crippen LogP contribution is 2.18. The van der Waals surface area contributed by atoms with Gasteiger partial charge in [0, 0.05) is 43.2 Å². The van der Waals surface area contributed by atoms with Crippen molar-refractivity contribution in [1.29, 1.82) is 0 Å². The van der Waals surface area contributed by atoms with Crippen molar-refractivity contribution in [3.05, 3.63) is 70.2 Å². The monoisotopic (exact) mass is 370 g/mol. The first-order valence-electron chi connectivity index (χ1n) is 8.92. The Bertz CT molecular complexity index is 784. The first-order chi connectivity index (χ1) is 12.5. The number of halogens is 1. The molecule has 0 radical (unpaired) electrons. The van der Waals surface area contributed by atoms with Gasteiger partial charge < -0.3 is 9.80 Å². The second-order valence-corrected chi connectivity index (χ2v) is 7.03. The summed E-state index contributed by atoms with van der Waals surface area (Å²) in [7, 11) is 0. The Morgan fingerprint density at radius 2 is 1.62 bits per heavy atom. The highest BCUT2D eigenvalue weighted by atomic mass is 35.5. The zero-order valence-corrected chi connectivity index (χ0v) is 15.7. The van der Waals surface area contributed by atoms with E-state index >= 15 is 0 Å². The van der Waals surface area contributed by atoms with Crippen molar-refractivity contribution in [1.82, 2.24) is 9.80 Å². The van der Waals surface area contributed by atoms with E-state index < -0.39 is 0 Å². The molecule has 5 heteroatoms. The number of hydrogen-bond donors (Lipinski definition) is 0. The Balaban J connectivity index is 1.49. The number of aryl methyl sites for hydroxylation is 2. The number of carbonyl (C=O) groups excluding carboxylic acids is 2. The Morgan fingerprint density at radius 3 is 2.27 bits per heavy atom. The second kappa shape index (κ2) is 8.37. The van der Waals surface area contributed by atoms with Crippen LogP contribution < -0.4 is 0 Å². The molecule has 26 heavy (non-hydrogen) atoms. The summed E-state index contributed by atoms with van der Waals surface area (Å²) in [6.07, 6.45) is 1.15. The van der Waals surface area contributed by atoms with Gasteiger partial charge in [-0.3, -0.25) is 9.59 Å². The van der Waals surface area contributed by atoms with Gasteiger partial charge >= 0.3 is 0 Å². The number of rotatable bonds is 4. The van der Waals surface area contributed by atoms with E-state index in [1.54, 1.807) is 0 Å². The summed E-state index contributed by atoms with van der Waals surface area (Å²) in [5.41, 5.74) is 2.82. The molecule has 1 aliphatic rings. The molecule has 0 spiro atoms. The van der Waals surface area contributed by atoms with Gasteiger partial charge in [0.15, 0.2) is 0 Å². The largest absolute Gasteiger partial charge is 0.339 e. The summed E-state index contributed by atoms with van der Waals surface area (Å²) in [4.78, 5) is 28.6. The van der Waals surface area contributed by atoms with E-state index in [2.05, 4.69) is 0 Å². The average Bonchev–Trinajstić information content (AvgIpc) is 2.69. The highest BCUT2D eigenvalue weighted by Gasteiger charge is 2.24. The predicted octanol–water partition coefficient (Wildman–Crippen LogP) is 3.57. The van der Waals surface area contributed by atoms with E-state index in [4.69, 9.17) is 11.6 Å². The molecular formula is C21H23ClN2O2. The lowest BCUT2D eigenvalue weighted by Gasteiger charge is -2.35. The number of carbonyl (C=O) groups is 2. The molecule has 0 N–H and O–H groups in total. The number of piperazine rings is 1. The Hall–Kier alpha value is -2.33. The van der Waals surface area contributed by atoms with Crippen LogP contribution in [0.4, 0.5) is 0 Å². The van der Waals surface area contributed by atoms with Gasteiger partial charge in [-0.1, -0.05) is 41.9 Å². The van der Waals surface area contributed by atoms with Crippen LogP contribution in [-0.2, 0) is 11.2 Å². The Morgan fingerprint density at radius 1 is 0.962 bits per heavy atom. The fourth-order valence-corrected chi connectivity index (χ4v) is 3.33. The van der Waals surface area contributed by atoms with Gasteiger partial charge in [-0.05, 0) is 42.7 Å². The summed E-state index contributed by atoms with van der Waals surface area (Å²) in [5, 5.41) is 0.739. The first kappa shape index (κ1) is 18.5. The molecule has 1 saturated heterocycles. The SMILES string of the molecule is Cc1ccc(CCC(=O)N2CCN(C(=O)c3ccccc3)CC2)cc1Cl. The molecule has 0 aliphatic carbocycles. The molecule has 2 amide bonds. The topological polar surface area (TPSA) is 40.6 Å². The maximum atomic E-state index is 12.5. The van der Waals surface area contributed by atoms with Gasteiger partial charge in [0.25, 0.3) is 5.91 Å². The van der Waals surface area contributed by atoms with Crippen LogP contribution in [0.25, 0.3) is 0 Å². The summed E-state index contributed by atoms with van der Waals surface area (Å²) < 4.78 is 0. The normalized spacial score (nSPS) is 14.4. The third-order valence-corrected chi connectivity index (χ3v) is 5.21. The number of benzene rings is 2. The zero-order chi connectivity index (χ0) is 18.5. The van der Waals surface area contributed by atoms with Crippen molar-refractivity contribution in [3.8, 4) is 0 Å². The number of hydrogen-bond acceptors (Lipinski definition) is 2. The van der Waals surface area contributed by atoms with Crippen LogP contribution in [0.1, 0.15) is 27.9 Å². The number of amides is 2. The van der Waals surface area contributed by atoms with E-state index in [-0.39, 0.29) is 11.8 Å². The Kier molecular flexibility index (Phi) is 5.94. The first-order valence-corrected chi connectivity index (χ1v) is 9.29. The van der Waals surface area contributed by atoms with Crippen molar-refractivity contribution < 1.29 is 9.59 Å². The molecule has 1 aliphatic heterocycles. The molecule has 1 fully saturated rings. The summed E-state index contributed by atoms with van der Waals surface area (Å²) in [6, 6.07) is 15.2. The van der Waals surface area contributed by atoms with Crippen LogP contribution >= 0.6 is 11.6 Å². The minimum absolute atomic E-state index is 0.0343. The molecule has 0 aromatic heterocycles. The number of nitrogens with zero attached hydrogens (tertiary/aromatic N) is 2.